The second kappa shape index (κ2) is 8.45. The number of aromatic carboxylic acids is 1. The van der Waals surface area contributed by atoms with Crippen LogP contribution in [0.5, 0.6) is 0 Å². The van der Waals surface area contributed by atoms with Crippen molar-refractivity contribution in [2.45, 2.75) is 11.7 Å². The molecule has 0 unspecified atom stereocenters. The van der Waals surface area contributed by atoms with E-state index in [2.05, 4.69) is 10.3 Å². The first-order chi connectivity index (χ1) is 13.3. The van der Waals surface area contributed by atoms with Crippen molar-refractivity contribution in [2.75, 3.05) is 12.4 Å². The number of nitrogens with one attached hydrogen (secondary N) is 1. The van der Waals surface area contributed by atoms with Gasteiger partial charge in [0.1, 0.15) is 5.25 Å². The van der Waals surface area contributed by atoms with E-state index >= 15 is 0 Å². The zero-order chi connectivity index (χ0) is 20.3. The number of amidine groups is 1. The molecule has 1 saturated heterocycles. The van der Waals surface area contributed by atoms with Gasteiger partial charge in [0.05, 0.1) is 11.3 Å². The lowest BCUT2D eigenvalue weighted by Crippen LogP contribution is -2.30. The minimum absolute atomic E-state index is 0.0247. The first-order valence-corrected chi connectivity index (χ1v) is 9.51. The van der Waals surface area contributed by atoms with Crippen LogP contribution < -0.4 is 5.32 Å². The number of carbonyl (C=O) groups excluding carboxylic acids is 2. The summed E-state index contributed by atoms with van der Waals surface area (Å²) >= 11 is 7.17. The summed E-state index contributed by atoms with van der Waals surface area (Å²) in [6.45, 7) is 0. The third-order valence-corrected chi connectivity index (χ3v) is 5.42. The Hall–Kier alpha value is -2.84. The number of nitrogens with zero attached hydrogens (tertiary/aromatic N) is 2. The monoisotopic (exact) mass is 417 g/mol. The van der Waals surface area contributed by atoms with Crippen molar-refractivity contribution in [3.63, 3.8) is 0 Å². The number of thioether (sulfide) groups is 1. The van der Waals surface area contributed by atoms with Gasteiger partial charge in [-0.2, -0.15) is 0 Å². The molecule has 0 aliphatic carbocycles. The summed E-state index contributed by atoms with van der Waals surface area (Å²) in [5.41, 5.74) is 1.22. The average Bonchev–Trinajstić information content (AvgIpc) is 2.90. The smallest absolute Gasteiger partial charge is 0.335 e. The molecule has 0 radical (unpaired) electrons. The molecule has 0 bridgehead atoms. The molecular formula is C19H16ClN3O4S. The highest BCUT2D eigenvalue weighted by molar-refractivity contribution is 8.15. The van der Waals surface area contributed by atoms with Gasteiger partial charge in [-0.15, -0.1) is 0 Å². The molecule has 28 heavy (non-hydrogen) atoms. The number of hydrogen-bond donors (Lipinski definition) is 2. The summed E-state index contributed by atoms with van der Waals surface area (Å²) in [7, 11) is 1.61. The normalized spacial score (nSPS) is 17.8. The van der Waals surface area contributed by atoms with Gasteiger partial charge in [-0.25, -0.2) is 9.79 Å². The van der Waals surface area contributed by atoms with Crippen molar-refractivity contribution in [1.29, 1.82) is 0 Å². The largest absolute Gasteiger partial charge is 0.478 e. The molecule has 2 amide bonds. The molecule has 9 heteroatoms. The Kier molecular flexibility index (Phi) is 6.01. The summed E-state index contributed by atoms with van der Waals surface area (Å²) in [6, 6.07) is 12.8. The zero-order valence-electron chi connectivity index (χ0n) is 14.8. The third-order valence-electron chi connectivity index (χ3n) is 3.96. The highest BCUT2D eigenvalue weighted by Gasteiger charge is 2.37. The Morgan fingerprint density at radius 2 is 1.96 bits per heavy atom. The van der Waals surface area contributed by atoms with Gasteiger partial charge in [-0.1, -0.05) is 29.4 Å². The van der Waals surface area contributed by atoms with Crippen LogP contribution >= 0.6 is 23.4 Å². The molecular weight excluding hydrogens is 402 g/mol. The van der Waals surface area contributed by atoms with E-state index in [9.17, 15) is 14.4 Å². The van der Waals surface area contributed by atoms with Crippen molar-refractivity contribution in [3.05, 3.63) is 59.1 Å². The zero-order valence-corrected chi connectivity index (χ0v) is 16.3. The maximum Gasteiger partial charge on any atom is 0.335 e. The lowest BCUT2D eigenvalue weighted by Gasteiger charge is -2.09. The molecule has 1 aliphatic rings. The van der Waals surface area contributed by atoms with Crippen LogP contribution in [-0.2, 0) is 9.59 Å². The van der Waals surface area contributed by atoms with Gasteiger partial charge >= 0.3 is 5.97 Å². The van der Waals surface area contributed by atoms with Gasteiger partial charge in [0.2, 0.25) is 11.8 Å². The quantitative estimate of drug-likeness (QED) is 0.773. The van der Waals surface area contributed by atoms with Crippen molar-refractivity contribution < 1.29 is 19.5 Å². The van der Waals surface area contributed by atoms with E-state index in [1.165, 1.54) is 40.9 Å². The lowest BCUT2D eigenvalue weighted by atomic mass is 10.2. The van der Waals surface area contributed by atoms with Crippen LogP contribution in [0, 0.1) is 0 Å². The molecule has 1 heterocycles. The molecule has 1 fully saturated rings. The topological polar surface area (TPSA) is 99.1 Å². The fraction of sp³-hybridized carbons (Fsp3) is 0.158. The number of halogens is 1. The van der Waals surface area contributed by atoms with Gasteiger partial charge in [0, 0.05) is 24.2 Å². The fourth-order valence-corrected chi connectivity index (χ4v) is 3.87. The second-order valence-corrected chi connectivity index (χ2v) is 7.62. The Bertz CT molecular complexity index is 962. The minimum Gasteiger partial charge on any atom is -0.478 e. The predicted octanol–water partition coefficient (Wildman–Crippen LogP) is 3.63. The van der Waals surface area contributed by atoms with E-state index in [-0.39, 0.29) is 23.8 Å². The maximum atomic E-state index is 12.4. The van der Waals surface area contributed by atoms with E-state index in [0.717, 1.165) is 0 Å². The molecule has 144 valence electrons. The summed E-state index contributed by atoms with van der Waals surface area (Å²) in [6.07, 6.45) is -0.0247. The van der Waals surface area contributed by atoms with Crippen LogP contribution in [0.2, 0.25) is 5.02 Å². The van der Waals surface area contributed by atoms with Crippen molar-refractivity contribution in [2.24, 2.45) is 4.99 Å². The Balaban J connectivity index is 1.64. The second-order valence-electron chi connectivity index (χ2n) is 6.01. The summed E-state index contributed by atoms with van der Waals surface area (Å²) in [5.74, 6) is -1.59. The molecule has 2 N–H and O–H groups in total. The van der Waals surface area contributed by atoms with Gasteiger partial charge in [-0.05, 0) is 42.5 Å². The highest BCUT2D eigenvalue weighted by Crippen LogP contribution is 2.31. The van der Waals surface area contributed by atoms with Crippen LogP contribution in [0.15, 0.2) is 53.5 Å². The molecule has 0 aromatic heterocycles. The molecule has 0 spiro atoms. The van der Waals surface area contributed by atoms with Crippen LogP contribution in [-0.4, -0.2) is 45.3 Å². The number of amides is 2. The molecule has 1 atom stereocenters. The van der Waals surface area contributed by atoms with Gasteiger partial charge in [0.15, 0.2) is 5.17 Å². The van der Waals surface area contributed by atoms with Crippen LogP contribution in [0.1, 0.15) is 16.8 Å². The Labute approximate surface area is 170 Å². The molecule has 0 saturated carbocycles. The predicted molar refractivity (Wildman–Crippen MR) is 109 cm³/mol. The number of carbonyl (C=O) groups is 3. The summed E-state index contributed by atoms with van der Waals surface area (Å²) < 4.78 is 0. The molecule has 2 aromatic rings. The molecule has 2 aromatic carbocycles. The SMILES string of the molecule is CN1C(=O)[C@@H](CC(=O)Nc2ccc(C(=O)O)cc2)SC1=Nc1cccc(Cl)c1. The first kappa shape index (κ1) is 19.9. The van der Waals surface area contributed by atoms with Crippen molar-refractivity contribution >= 4 is 57.7 Å². The van der Waals surface area contributed by atoms with Gasteiger partial charge in [-0.3, -0.25) is 14.5 Å². The van der Waals surface area contributed by atoms with E-state index in [0.29, 0.717) is 21.6 Å². The summed E-state index contributed by atoms with van der Waals surface area (Å²) in [4.78, 5) is 41.4. The molecule has 7 nitrogen and oxygen atoms in total. The van der Waals surface area contributed by atoms with Crippen LogP contribution in [0.25, 0.3) is 0 Å². The number of benzene rings is 2. The molecule has 1 aliphatic heterocycles. The van der Waals surface area contributed by atoms with E-state index < -0.39 is 11.2 Å². The highest BCUT2D eigenvalue weighted by atomic mass is 35.5. The van der Waals surface area contributed by atoms with Crippen molar-refractivity contribution in [3.8, 4) is 0 Å². The third kappa shape index (κ3) is 4.71. The molecule has 3 rings (SSSR count). The Morgan fingerprint density at radius 1 is 1.25 bits per heavy atom. The van der Waals surface area contributed by atoms with Gasteiger partial charge in [0.25, 0.3) is 0 Å². The van der Waals surface area contributed by atoms with Crippen LogP contribution in [0.3, 0.4) is 0 Å². The lowest BCUT2D eigenvalue weighted by molar-refractivity contribution is -0.127. The maximum absolute atomic E-state index is 12.4. The number of aliphatic imine (C=N–C) groups is 1. The number of anilines is 1. The first-order valence-electron chi connectivity index (χ1n) is 8.25. The van der Waals surface area contributed by atoms with E-state index in [1.54, 1.807) is 31.3 Å². The minimum atomic E-state index is -1.04. The Morgan fingerprint density at radius 3 is 2.61 bits per heavy atom. The fourth-order valence-electron chi connectivity index (χ4n) is 2.53. The standard InChI is InChI=1S/C19H16ClN3O4S/c1-23-17(25)15(28-19(23)22-14-4-2-3-12(20)9-14)10-16(24)21-13-7-5-11(6-8-13)18(26)27/h2-9,15H,10H2,1H3,(H,21,24)(H,26,27)/t15-/m1/s1. The van der Waals surface area contributed by atoms with E-state index in [1.807, 2.05) is 0 Å². The summed E-state index contributed by atoms with van der Waals surface area (Å²) in [5, 5.41) is 12.0. The van der Waals surface area contributed by atoms with Crippen LogP contribution in [0.4, 0.5) is 11.4 Å². The van der Waals surface area contributed by atoms with E-state index in [4.69, 9.17) is 16.7 Å². The van der Waals surface area contributed by atoms with Gasteiger partial charge < -0.3 is 10.4 Å². The average molecular weight is 418 g/mol. The number of carboxylic acid groups (broad SMARTS) is 1. The van der Waals surface area contributed by atoms with Crippen molar-refractivity contribution in [1.82, 2.24) is 4.90 Å². The number of carboxylic acids is 1. The number of rotatable bonds is 5. The number of hydrogen-bond acceptors (Lipinski definition) is 5.